The van der Waals surface area contributed by atoms with Crippen molar-refractivity contribution in [3.05, 3.63) is 62.8 Å². The van der Waals surface area contributed by atoms with Crippen molar-refractivity contribution in [2.45, 2.75) is 45.6 Å². The third-order valence-electron chi connectivity index (χ3n) is 5.84. The normalized spacial score (nSPS) is 18.8. The summed E-state index contributed by atoms with van der Waals surface area (Å²) in [6.07, 6.45) is 6.64. The minimum Gasteiger partial charge on any atom is -0.346 e. The fourth-order valence-electron chi connectivity index (χ4n) is 4.32. The van der Waals surface area contributed by atoms with Gasteiger partial charge in [-0.2, -0.15) is 0 Å². The minimum atomic E-state index is -0.419. The molecule has 1 saturated carbocycles. The molecule has 2 fully saturated rings. The van der Waals surface area contributed by atoms with E-state index in [0.717, 1.165) is 27.9 Å². The van der Waals surface area contributed by atoms with E-state index in [1.54, 1.807) is 30.3 Å². The second kappa shape index (κ2) is 8.44. The number of hydrogen-bond donors (Lipinski definition) is 0. The van der Waals surface area contributed by atoms with Gasteiger partial charge in [0.15, 0.2) is 5.78 Å². The predicted octanol–water partition coefficient (Wildman–Crippen LogP) is 5.79. The van der Waals surface area contributed by atoms with E-state index in [1.807, 2.05) is 0 Å². The van der Waals surface area contributed by atoms with Crippen LogP contribution in [0.4, 0.5) is 4.79 Å². The van der Waals surface area contributed by atoms with Crippen molar-refractivity contribution in [1.29, 1.82) is 0 Å². The lowest BCUT2D eigenvalue weighted by Crippen LogP contribution is -2.33. The van der Waals surface area contributed by atoms with Gasteiger partial charge < -0.3 is 4.57 Å². The van der Waals surface area contributed by atoms with Crippen LogP contribution in [0.5, 0.6) is 0 Å². The Kier molecular flexibility index (Phi) is 5.89. The van der Waals surface area contributed by atoms with Crippen LogP contribution in [0.25, 0.3) is 6.08 Å². The molecule has 2 aromatic rings. The number of carbonyl (C=O) groups excluding carboxylic acids is 3. The number of amides is 2. The Balaban J connectivity index is 1.54. The van der Waals surface area contributed by atoms with Crippen molar-refractivity contribution < 1.29 is 14.4 Å². The first kappa shape index (κ1) is 20.9. The molecule has 0 spiro atoms. The summed E-state index contributed by atoms with van der Waals surface area (Å²) in [5, 5.41) is 0.106. The quantitative estimate of drug-likeness (QED) is 0.434. The third-order valence-corrected chi connectivity index (χ3v) is 7.00. The van der Waals surface area contributed by atoms with Crippen molar-refractivity contribution in [2.75, 3.05) is 6.54 Å². The van der Waals surface area contributed by atoms with Crippen LogP contribution in [0.1, 0.15) is 59.0 Å². The van der Waals surface area contributed by atoms with Gasteiger partial charge in [-0.25, -0.2) is 0 Å². The van der Waals surface area contributed by atoms with E-state index in [1.165, 1.54) is 31.4 Å². The van der Waals surface area contributed by atoms with Crippen LogP contribution in [0, 0.1) is 13.8 Å². The van der Waals surface area contributed by atoms with Gasteiger partial charge in [-0.05, 0) is 80.4 Å². The summed E-state index contributed by atoms with van der Waals surface area (Å²) in [5.41, 5.74) is 3.66. The minimum absolute atomic E-state index is 0.273. The van der Waals surface area contributed by atoms with Crippen molar-refractivity contribution in [3.63, 3.8) is 0 Å². The van der Waals surface area contributed by atoms with E-state index in [2.05, 4.69) is 24.5 Å². The molecule has 1 aliphatic heterocycles. The highest BCUT2D eigenvalue weighted by atomic mass is 35.5. The Morgan fingerprint density at radius 3 is 2.50 bits per heavy atom. The van der Waals surface area contributed by atoms with Gasteiger partial charge in [-0.1, -0.05) is 24.4 Å². The Morgan fingerprint density at radius 2 is 1.83 bits per heavy atom. The summed E-state index contributed by atoms with van der Waals surface area (Å²) in [7, 11) is 0. The van der Waals surface area contributed by atoms with Crippen LogP contribution in [-0.4, -0.2) is 32.9 Å². The molecule has 1 aromatic heterocycles. The maximum Gasteiger partial charge on any atom is 0.293 e. The molecule has 1 aliphatic carbocycles. The molecule has 30 heavy (non-hydrogen) atoms. The number of aromatic nitrogens is 1. The molecule has 5 nitrogen and oxygen atoms in total. The SMILES string of the molecule is Cc1cc(/C=C2\SC(=O)N(CC(=O)c3ccc(Cl)cc3)C2=O)c(C)n1C1CCCC1. The molecule has 0 N–H and O–H groups in total. The highest BCUT2D eigenvalue weighted by Crippen LogP contribution is 2.36. The van der Waals surface area contributed by atoms with Crippen molar-refractivity contribution in [1.82, 2.24) is 9.47 Å². The molecule has 2 heterocycles. The number of ketones is 1. The highest BCUT2D eigenvalue weighted by Gasteiger charge is 2.36. The van der Waals surface area contributed by atoms with Crippen LogP contribution in [0.2, 0.25) is 5.02 Å². The Hall–Kier alpha value is -2.31. The van der Waals surface area contributed by atoms with Gasteiger partial charge in [0.25, 0.3) is 11.1 Å². The van der Waals surface area contributed by atoms with E-state index >= 15 is 0 Å². The molecular formula is C23H23ClN2O3S. The van der Waals surface area contributed by atoms with Gasteiger partial charge in [-0.15, -0.1) is 0 Å². The summed E-state index contributed by atoms with van der Waals surface area (Å²) >= 11 is 6.74. The van der Waals surface area contributed by atoms with E-state index in [9.17, 15) is 14.4 Å². The van der Waals surface area contributed by atoms with Gasteiger partial charge in [0.2, 0.25) is 0 Å². The number of rotatable bonds is 5. The zero-order valence-corrected chi connectivity index (χ0v) is 18.6. The first-order chi connectivity index (χ1) is 14.3. The second-order valence-corrected chi connectivity index (χ2v) is 9.26. The van der Waals surface area contributed by atoms with Crippen LogP contribution in [-0.2, 0) is 4.79 Å². The molecule has 0 bridgehead atoms. The molecule has 2 aliphatic rings. The number of nitrogens with zero attached hydrogens (tertiary/aromatic N) is 2. The number of hydrogen-bond acceptors (Lipinski definition) is 4. The first-order valence-corrected chi connectivity index (χ1v) is 11.3. The van der Waals surface area contributed by atoms with Crippen LogP contribution in [0.15, 0.2) is 35.2 Å². The molecule has 7 heteroatoms. The third kappa shape index (κ3) is 3.98. The smallest absolute Gasteiger partial charge is 0.293 e. The van der Waals surface area contributed by atoms with E-state index in [0.29, 0.717) is 21.5 Å². The van der Waals surface area contributed by atoms with Gasteiger partial charge in [0.05, 0.1) is 11.4 Å². The Labute approximate surface area is 185 Å². The largest absolute Gasteiger partial charge is 0.346 e. The zero-order valence-electron chi connectivity index (χ0n) is 17.0. The van der Waals surface area contributed by atoms with Crippen molar-refractivity contribution >= 4 is 46.4 Å². The maximum atomic E-state index is 12.8. The summed E-state index contributed by atoms with van der Waals surface area (Å²) < 4.78 is 2.35. The van der Waals surface area contributed by atoms with Gasteiger partial charge in [-0.3, -0.25) is 19.3 Å². The molecule has 156 valence electrons. The van der Waals surface area contributed by atoms with Gasteiger partial charge in [0.1, 0.15) is 0 Å². The van der Waals surface area contributed by atoms with E-state index < -0.39 is 11.1 Å². The molecule has 4 rings (SSSR count). The molecule has 1 aromatic carbocycles. The Bertz CT molecular complexity index is 1050. The van der Waals surface area contributed by atoms with Crippen molar-refractivity contribution in [2.24, 2.45) is 0 Å². The number of benzene rings is 1. The summed E-state index contributed by atoms with van der Waals surface area (Å²) in [6, 6.07) is 9.00. The lowest BCUT2D eigenvalue weighted by Gasteiger charge is -2.17. The summed E-state index contributed by atoms with van der Waals surface area (Å²) in [6.45, 7) is 3.87. The lowest BCUT2D eigenvalue weighted by molar-refractivity contribution is -0.122. The predicted molar refractivity (Wildman–Crippen MR) is 120 cm³/mol. The highest BCUT2D eigenvalue weighted by molar-refractivity contribution is 8.18. The number of halogens is 1. The number of thioether (sulfide) groups is 1. The van der Waals surface area contributed by atoms with Crippen LogP contribution in [0.3, 0.4) is 0 Å². The molecule has 0 unspecified atom stereocenters. The molecular weight excluding hydrogens is 420 g/mol. The average Bonchev–Trinajstić information content (AvgIpc) is 3.39. The van der Waals surface area contributed by atoms with E-state index in [4.69, 9.17) is 11.6 Å². The zero-order chi connectivity index (χ0) is 21.4. The summed E-state index contributed by atoms with van der Waals surface area (Å²) in [5.74, 6) is -0.715. The Morgan fingerprint density at radius 1 is 1.17 bits per heavy atom. The number of aryl methyl sites for hydroxylation is 1. The standard InChI is InChI=1S/C23H23ClN2O3S/c1-14-11-17(15(2)26(14)19-5-3-4-6-19)12-21-22(28)25(23(29)30-21)13-20(27)16-7-9-18(24)10-8-16/h7-12,19H,3-6,13H2,1-2H3/b21-12-. The lowest BCUT2D eigenvalue weighted by atomic mass is 10.1. The number of carbonyl (C=O) groups is 3. The van der Waals surface area contributed by atoms with Gasteiger partial charge >= 0.3 is 0 Å². The summed E-state index contributed by atoms with van der Waals surface area (Å²) in [4.78, 5) is 39.1. The molecule has 2 amide bonds. The van der Waals surface area contributed by atoms with Crippen LogP contribution < -0.4 is 0 Å². The van der Waals surface area contributed by atoms with Crippen molar-refractivity contribution in [3.8, 4) is 0 Å². The molecule has 0 radical (unpaired) electrons. The number of imide groups is 1. The maximum absolute atomic E-state index is 12.8. The topological polar surface area (TPSA) is 59.4 Å². The average molecular weight is 443 g/mol. The monoisotopic (exact) mass is 442 g/mol. The second-order valence-electron chi connectivity index (χ2n) is 7.83. The van der Waals surface area contributed by atoms with Crippen LogP contribution >= 0.6 is 23.4 Å². The number of Topliss-reactive ketones (excluding diaryl/α,β-unsaturated/α-hetero) is 1. The van der Waals surface area contributed by atoms with E-state index in [-0.39, 0.29) is 12.3 Å². The van der Waals surface area contributed by atoms with Gasteiger partial charge in [0, 0.05) is 28.0 Å². The fraction of sp³-hybridized carbons (Fsp3) is 0.348. The fourth-order valence-corrected chi connectivity index (χ4v) is 5.28. The first-order valence-electron chi connectivity index (χ1n) is 10.1. The molecule has 1 saturated heterocycles. The molecule has 0 atom stereocenters.